The van der Waals surface area contributed by atoms with Gasteiger partial charge in [-0.25, -0.2) is 0 Å². The molecule has 0 fully saturated rings. The molecule has 0 saturated carbocycles. The van der Waals surface area contributed by atoms with E-state index in [2.05, 4.69) is 120 Å². The molecule has 1 heterocycles. The Morgan fingerprint density at radius 1 is 0.485 bits per heavy atom. The van der Waals surface area contributed by atoms with Crippen molar-refractivity contribution in [3.05, 3.63) is 138 Å². The Balaban J connectivity index is 0.00000259. The van der Waals surface area contributed by atoms with Crippen molar-refractivity contribution in [2.45, 2.75) is 6.54 Å². The van der Waals surface area contributed by atoms with Crippen LogP contribution in [0.4, 0.5) is 0 Å². The summed E-state index contributed by atoms with van der Waals surface area (Å²) >= 11 is 6.15. The van der Waals surface area contributed by atoms with Gasteiger partial charge in [0.1, 0.15) is 0 Å². The Morgan fingerprint density at radius 2 is 0.909 bits per heavy atom. The zero-order valence-electron chi connectivity index (χ0n) is 18.0. The first-order chi connectivity index (χ1) is 15.8. The van der Waals surface area contributed by atoms with Gasteiger partial charge in [0.25, 0.3) is 0 Å². The minimum atomic E-state index is 0. The number of hydrogen-bond donors (Lipinski definition) is 0. The van der Waals surface area contributed by atoms with E-state index in [0.717, 1.165) is 11.6 Å². The molecule has 3 heteroatoms. The second-order valence-corrected chi connectivity index (χ2v) is 8.26. The molecule has 0 radical (unpaired) electrons. The van der Waals surface area contributed by atoms with Crippen LogP contribution in [0.2, 0.25) is 5.02 Å². The lowest BCUT2D eigenvalue weighted by Crippen LogP contribution is -3.00. The first kappa shape index (κ1) is 23.2. The molecule has 0 atom stereocenters. The molecule has 4 aromatic carbocycles. The fourth-order valence-electron chi connectivity index (χ4n) is 4.06. The van der Waals surface area contributed by atoms with Crippen LogP contribution in [-0.2, 0) is 6.54 Å². The average molecular weight is 560 g/mol. The van der Waals surface area contributed by atoms with Crippen molar-refractivity contribution in [3.8, 4) is 33.6 Å². The number of halogens is 2. The van der Waals surface area contributed by atoms with Crippen molar-refractivity contribution in [2.24, 2.45) is 0 Å². The molecule has 5 aromatic rings. The Morgan fingerprint density at radius 3 is 1.36 bits per heavy atom. The maximum Gasteiger partial charge on any atom is 0.213 e. The maximum atomic E-state index is 6.15. The zero-order valence-corrected chi connectivity index (χ0v) is 20.9. The summed E-state index contributed by atoms with van der Waals surface area (Å²) in [5, 5.41) is 0.754. The summed E-state index contributed by atoms with van der Waals surface area (Å²) < 4.78 is 2.40. The topological polar surface area (TPSA) is 3.88 Å². The standard InChI is InChI=1S/C30H23ClN.HI/c31-28-18-16-23(17-19-28)22-32-29(25-12-6-2-7-13-25)20-27(24-10-4-1-5-11-24)21-30(32)26-14-8-3-9-15-26;/h1-21H,22H2;1H/q+1;/p-1. The van der Waals surface area contributed by atoms with Gasteiger partial charge in [0.15, 0.2) is 6.54 Å². The van der Waals surface area contributed by atoms with Crippen LogP contribution in [0.25, 0.3) is 33.6 Å². The molecular weight excluding hydrogens is 537 g/mol. The predicted octanol–water partition coefficient (Wildman–Crippen LogP) is 4.68. The number of benzene rings is 4. The smallest absolute Gasteiger partial charge is 0.213 e. The normalized spacial score (nSPS) is 10.5. The summed E-state index contributed by atoms with van der Waals surface area (Å²) in [4.78, 5) is 0. The molecule has 0 aliphatic carbocycles. The van der Waals surface area contributed by atoms with Crippen molar-refractivity contribution in [3.63, 3.8) is 0 Å². The number of nitrogens with zero attached hydrogens (tertiary/aromatic N) is 1. The summed E-state index contributed by atoms with van der Waals surface area (Å²) in [6.07, 6.45) is 0. The maximum absolute atomic E-state index is 6.15. The molecule has 0 N–H and O–H groups in total. The Hall–Kier alpha value is -2.95. The molecular formula is C30H23ClIN. The molecule has 33 heavy (non-hydrogen) atoms. The van der Waals surface area contributed by atoms with E-state index in [1.54, 1.807) is 0 Å². The number of hydrogen-bond acceptors (Lipinski definition) is 0. The van der Waals surface area contributed by atoms with Crippen molar-refractivity contribution in [1.82, 2.24) is 0 Å². The van der Waals surface area contributed by atoms with E-state index in [-0.39, 0.29) is 24.0 Å². The molecule has 0 saturated heterocycles. The monoisotopic (exact) mass is 559 g/mol. The molecule has 1 nitrogen and oxygen atoms in total. The minimum absolute atomic E-state index is 0. The summed E-state index contributed by atoms with van der Waals surface area (Å²) in [5.74, 6) is 0. The lowest BCUT2D eigenvalue weighted by molar-refractivity contribution is -0.666. The van der Waals surface area contributed by atoms with Crippen LogP contribution in [0.5, 0.6) is 0 Å². The molecule has 162 valence electrons. The molecule has 0 bridgehead atoms. The highest BCUT2D eigenvalue weighted by molar-refractivity contribution is 6.30. The van der Waals surface area contributed by atoms with Crippen LogP contribution in [-0.4, -0.2) is 0 Å². The largest absolute Gasteiger partial charge is 1.00 e. The van der Waals surface area contributed by atoms with Gasteiger partial charge in [-0.1, -0.05) is 90.5 Å². The molecule has 0 spiro atoms. The summed E-state index contributed by atoms with van der Waals surface area (Å²) in [6.45, 7) is 0.751. The third kappa shape index (κ3) is 5.35. The van der Waals surface area contributed by atoms with Crippen molar-refractivity contribution in [1.29, 1.82) is 0 Å². The summed E-state index contributed by atoms with van der Waals surface area (Å²) in [6, 6.07) is 44.5. The molecule has 0 aliphatic rings. The highest BCUT2D eigenvalue weighted by atomic mass is 127. The minimum Gasteiger partial charge on any atom is -1.00 e. The van der Waals surface area contributed by atoms with Crippen molar-refractivity contribution >= 4 is 11.6 Å². The van der Waals surface area contributed by atoms with Crippen LogP contribution in [0.3, 0.4) is 0 Å². The van der Waals surface area contributed by atoms with Crippen LogP contribution >= 0.6 is 11.6 Å². The number of aromatic nitrogens is 1. The molecule has 0 unspecified atom stereocenters. The van der Waals surface area contributed by atoms with Gasteiger partial charge in [-0.2, -0.15) is 4.57 Å². The van der Waals surface area contributed by atoms with Crippen LogP contribution in [0, 0.1) is 0 Å². The third-order valence-electron chi connectivity index (χ3n) is 5.67. The Labute approximate surface area is 217 Å². The lowest BCUT2D eigenvalue weighted by atomic mass is 9.98. The SMILES string of the molecule is Clc1ccc(C[n+]2c(-c3ccccc3)cc(-c3ccccc3)cc2-c2ccccc2)cc1.[I-]. The molecule has 1 aromatic heterocycles. The number of rotatable bonds is 5. The quantitative estimate of drug-likeness (QED) is 0.218. The summed E-state index contributed by atoms with van der Waals surface area (Å²) in [7, 11) is 0. The van der Waals surface area contributed by atoms with Crippen molar-refractivity contribution < 1.29 is 28.5 Å². The van der Waals surface area contributed by atoms with Gasteiger partial charge in [-0.15, -0.1) is 0 Å². The van der Waals surface area contributed by atoms with Gasteiger partial charge in [0.05, 0.1) is 0 Å². The van der Waals surface area contributed by atoms with Crippen molar-refractivity contribution in [2.75, 3.05) is 0 Å². The second kappa shape index (κ2) is 10.8. The van der Waals surface area contributed by atoms with E-state index in [4.69, 9.17) is 11.6 Å². The second-order valence-electron chi connectivity index (χ2n) is 7.83. The summed E-state index contributed by atoms with van der Waals surface area (Å²) in [5.41, 5.74) is 8.37. The van der Waals surface area contributed by atoms with Gasteiger partial charge in [-0.3, -0.25) is 0 Å². The first-order valence-electron chi connectivity index (χ1n) is 10.8. The van der Waals surface area contributed by atoms with Gasteiger partial charge in [-0.05, 0) is 47.5 Å². The van der Waals surface area contributed by atoms with Gasteiger partial charge >= 0.3 is 0 Å². The average Bonchev–Trinajstić information content (AvgIpc) is 2.87. The van der Waals surface area contributed by atoms with Crippen LogP contribution < -0.4 is 28.5 Å². The molecule has 5 rings (SSSR count). The van der Waals surface area contributed by atoms with E-state index in [0.29, 0.717) is 0 Å². The third-order valence-corrected chi connectivity index (χ3v) is 5.92. The van der Waals surface area contributed by atoms with E-state index < -0.39 is 0 Å². The van der Waals surface area contributed by atoms with Crippen LogP contribution in [0.1, 0.15) is 5.56 Å². The fraction of sp³-hybridized carbons (Fsp3) is 0.0333. The van der Waals surface area contributed by atoms with E-state index in [1.807, 2.05) is 12.1 Å². The van der Waals surface area contributed by atoms with Gasteiger partial charge in [0, 0.05) is 33.8 Å². The molecule has 0 amide bonds. The van der Waals surface area contributed by atoms with E-state index in [9.17, 15) is 0 Å². The van der Waals surface area contributed by atoms with Gasteiger partial charge in [0.2, 0.25) is 11.4 Å². The number of pyridine rings is 1. The zero-order chi connectivity index (χ0) is 21.8. The lowest BCUT2D eigenvalue weighted by Gasteiger charge is -2.13. The van der Waals surface area contributed by atoms with E-state index in [1.165, 1.54) is 39.2 Å². The van der Waals surface area contributed by atoms with E-state index >= 15 is 0 Å². The van der Waals surface area contributed by atoms with Gasteiger partial charge < -0.3 is 24.0 Å². The predicted molar refractivity (Wildman–Crippen MR) is 133 cm³/mol. The van der Waals surface area contributed by atoms with Crippen LogP contribution in [0.15, 0.2) is 127 Å². The molecule has 0 aliphatic heterocycles. The highest BCUT2D eigenvalue weighted by Gasteiger charge is 2.23. The fourth-order valence-corrected chi connectivity index (χ4v) is 4.18. The Kier molecular flexibility index (Phi) is 7.58. The highest BCUT2D eigenvalue weighted by Crippen LogP contribution is 2.29. The Bertz CT molecular complexity index is 1260. The first-order valence-corrected chi connectivity index (χ1v) is 11.1.